The average molecular weight is 233 g/mol. The maximum Gasteiger partial charge on any atom is 0.0958 e. The van der Waals surface area contributed by atoms with Crippen LogP contribution >= 0.6 is 0 Å². The van der Waals surface area contributed by atoms with Gasteiger partial charge in [0, 0.05) is 20.2 Å². The van der Waals surface area contributed by atoms with Crippen molar-refractivity contribution < 1.29 is 4.74 Å². The number of aryl methyl sites for hydroxylation is 1. The van der Waals surface area contributed by atoms with Gasteiger partial charge in [0.1, 0.15) is 0 Å². The molecular formula is C13H19N3O. The molecule has 1 heterocycles. The van der Waals surface area contributed by atoms with E-state index in [1.54, 1.807) is 7.11 Å². The number of hydrogen-bond donors (Lipinski definition) is 1. The molecular weight excluding hydrogens is 214 g/mol. The van der Waals surface area contributed by atoms with E-state index < -0.39 is 0 Å². The fraction of sp³-hybridized carbons (Fsp3) is 0.462. The highest BCUT2D eigenvalue weighted by Gasteiger charge is 2.00. The summed E-state index contributed by atoms with van der Waals surface area (Å²) < 4.78 is 7.18. The highest BCUT2D eigenvalue weighted by molar-refractivity contribution is 5.74. The van der Waals surface area contributed by atoms with Crippen LogP contribution < -0.4 is 5.32 Å². The van der Waals surface area contributed by atoms with Crippen molar-refractivity contribution in [1.29, 1.82) is 0 Å². The van der Waals surface area contributed by atoms with Crippen LogP contribution in [-0.4, -0.2) is 36.4 Å². The molecule has 1 aromatic heterocycles. The van der Waals surface area contributed by atoms with Gasteiger partial charge in [-0.05, 0) is 25.1 Å². The van der Waals surface area contributed by atoms with Gasteiger partial charge in [0.2, 0.25) is 0 Å². The van der Waals surface area contributed by atoms with Crippen LogP contribution in [0, 0.1) is 0 Å². The van der Waals surface area contributed by atoms with Gasteiger partial charge in [0.15, 0.2) is 0 Å². The Balaban J connectivity index is 1.79. The molecule has 1 N–H and O–H groups in total. The Morgan fingerprint density at radius 2 is 2.18 bits per heavy atom. The highest BCUT2D eigenvalue weighted by atomic mass is 16.5. The molecule has 0 unspecified atom stereocenters. The molecule has 0 saturated carbocycles. The van der Waals surface area contributed by atoms with Crippen LogP contribution in [0.25, 0.3) is 11.0 Å². The van der Waals surface area contributed by atoms with Crippen LogP contribution in [0.3, 0.4) is 0 Å². The van der Waals surface area contributed by atoms with Crippen molar-refractivity contribution in [2.24, 2.45) is 0 Å². The average Bonchev–Trinajstić information content (AvgIpc) is 2.77. The smallest absolute Gasteiger partial charge is 0.0958 e. The third-order valence-corrected chi connectivity index (χ3v) is 2.76. The molecule has 0 radical (unpaired) electrons. The van der Waals surface area contributed by atoms with Crippen molar-refractivity contribution in [3.8, 4) is 0 Å². The van der Waals surface area contributed by atoms with Gasteiger partial charge in [-0.15, -0.1) is 0 Å². The molecule has 0 saturated heterocycles. The van der Waals surface area contributed by atoms with E-state index in [1.165, 1.54) is 5.52 Å². The second-order valence-electron chi connectivity index (χ2n) is 4.02. The molecule has 1 aromatic carbocycles. The summed E-state index contributed by atoms with van der Waals surface area (Å²) in [6, 6.07) is 8.23. The molecule has 0 aliphatic heterocycles. The van der Waals surface area contributed by atoms with E-state index in [-0.39, 0.29) is 0 Å². The Morgan fingerprint density at radius 3 is 3.06 bits per heavy atom. The van der Waals surface area contributed by atoms with Gasteiger partial charge in [0.25, 0.3) is 0 Å². The van der Waals surface area contributed by atoms with E-state index in [2.05, 4.69) is 27.0 Å². The van der Waals surface area contributed by atoms with Gasteiger partial charge in [-0.2, -0.15) is 0 Å². The van der Waals surface area contributed by atoms with Crippen LogP contribution in [0.2, 0.25) is 0 Å². The van der Waals surface area contributed by atoms with E-state index in [0.717, 1.165) is 38.2 Å². The first-order valence-corrected chi connectivity index (χ1v) is 6.01. The highest BCUT2D eigenvalue weighted by Crippen LogP contribution is 2.11. The quantitative estimate of drug-likeness (QED) is 0.739. The predicted octanol–water partition coefficient (Wildman–Crippen LogP) is 1.66. The minimum absolute atomic E-state index is 0.772. The second kappa shape index (κ2) is 6.37. The number of hydrogen-bond acceptors (Lipinski definition) is 3. The summed E-state index contributed by atoms with van der Waals surface area (Å²) in [4.78, 5) is 4.37. The van der Waals surface area contributed by atoms with Crippen molar-refractivity contribution in [3.05, 3.63) is 30.6 Å². The minimum atomic E-state index is 0.772. The maximum absolute atomic E-state index is 4.97. The minimum Gasteiger partial charge on any atom is -0.383 e. The van der Waals surface area contributed by atoms with Crippen LogP contribution in [0.15, 0.2) is 30.6 Å². The lowest BCUT2D eigenvalue weighted by atomic mass is 10.3. The third-order valence-electron chi connectivity index (χ3n) is 2.76. The normalized spacial score (nSPS) is 11.1. The SMILES string of the molecule is COCCNCCCn1cnc2ccccc21. The van der Waals surface area contributed by atoms with Crippen molar-refractivity contribution in [3.63, 3.8) is 0 Å². The summed E-state index contributed by atoms with van der Waals surface area (Å²) in [6.45, 7) is 3.70. The first-order chi connectivity index (χ1) is 8.42. The first kappa shape index (κ1) is 12.1. The van der Waals surface area contributed by atoms with Crippen LogP contribution in [-0.2, 0) is 11.3 Å². The number of benzene rings is 1. The molecule has 0 bridgehead atoms. The summed E-state index contributed by atoms with van der Waals surface area (Å²) in [7, 11) is 1.72. The maximum atomic E-state index is 4.97. The lowest BCUT2D eigenvalue weighted by Crippen LogP contribution is -2.21. The van der Waals surface area contributed by atoms with E-state index in [9.17, 15) is 0 Å². The molecule has 0 fully saturated rings. The Labute approximate surface area is 102 Å². The Bertz CT molecular complexity index is 453. The van der Waals surface area contributed by atoms with Crippen molar-refractivity contribution in [2.45, 2.75) is 13.0 Å². The van der Waals surface area contributed by atoms with Crippen LogP contribution in [0.1, 0.15) is 6.42 Å². The molecule has 2 rings (SSSR count). The largest absolute Gasteiger partial charge is 0.383 e. The van der Waals surface area contributed by atoms with E-state index in [1.807, 2.05) is 18.5 Å². The first-order valence-electron chi connectivity index (χ1n) is 6.01. The van der Waals surface area contributed by atoms with E-state index in [4.69, 9.17) is 4.74 Å². The monoisotopic (exact) mass is 233 g/mol. The number of nitrogens with zero attached hydrogens (tertiary/aromatic N) is 2. The van der Waals surface area contributed by atoms with Crippen molar-refractivity contribution in [1.82, 2.24) is 14.9 Å². The number of methoxy groups -OCH3 is 1. The molecule has 17 heavy (non-hydrogen) atoms. The third kappa shape index (κ3) is 3.28. The molecule has 0 aliphatic rings. The number of imidazole rings is 1. The van der Waals surface area contributed by atoms with Gasteiger partial charge in [-0.25, -0.2) is 4.98 Å². The zero-order valence-corrected chi connectivity index (χ0v) is 10.2. The lowest BCUT2D eigenvalue weighted by Gasteiger charge is -2.05. The fourth-order valence-electron chi connectivity index (χ4n) is 1.86. The molecule has 2 aromatic rings. The van der Waals surface area contributed by atoms with Gasteiger partial charge in [-0.1, -0.05) is 12.1 Å². The Morgan fingerprint density at radius 1 is 1.29 bits per heavy atom. The number of ether oxygens (including phenoxy) is 1. The number of nitrogens with one attached hydrogen (secondary N) is 1. The summed E-state index contributed by atoms with van der Waals surface area (Å²) in [5.41, 5.74) is 2.28. The zero-order chi connectivity index (χ0) is 11.9. The molecule has 0 atom stereocenters. The zero-order valence-electron chi connectivity index (χ0n) is 10.2. The van der Waals surface area contributed by atoms with E-state index in [0.29, 0.717) is 0 Å². The number of fused-ring (bicyclic) bond motifs is 1. The topological polar surface area (TPSA) is 39.1 Å². The summed E-state index contributed by atoms with van der Waals surface area (Å²) in [6.07, 6.45) is 3.02. The molecule has 0 spiro atoms. The molecule has 4 heteroatoms. The second-order valence-corrected chi connectivity index (χ2v) is 4.02. The lowest BCUT2D eigenvalue weighted by molar-refractivity contribution is 0.199. The molecule has 92 valence electrons. The van der Waals surface area contributed by atoms with Gasteiger partial charge < -0.3 is 14.6 Å². The predicted molar refractivity (Wildman–Crippen MR) is 69.1 cm³/mol. The number of para-hydroxylation sites is 2. The van der Waals surface area contributed by atoms with Gasteiger partial charge in [0.05, 0.1) is 24.0 Å². The summed E-state index contributed by atoms with van der Waals surface area (Å²) in [5, 5.41) is 3.34. The van der Waals surface area contributed by atoms with Crippen LogP contribution in [0.4, 0.5) is 0 Å². The summed E-state index contributed by atoms with van der Waals surface area (Å²) >= 11 is 0. The molecule has 0 amide bonds. The standard InChI is InChI=1S/C13H19N3O/c1-17-10-8-14-7-4-9-16-11-15-12-5-2-3-6-13(12)16/h2-3,5-6,11,14H,4,7-10H2,1H3. The van der Waals surface area contributed by atoms with Gasteiger partial charge in [-0.3, -0.25) is 0 Å². The summed E-state index contributed by atoms with van der Waals surface area (Å²) in [5.74, 6) is 0. The number of aromatic nitrogens is 2. The Kier molecular flexibility index (Phi) is 4.53. The number of rotatable bonds is 7. The van der Waals surface area contributed by atoms with Crippen molar-refractivity contribution in [2.75, 3.05) is 26.8 Å². The van der Waals surface area contributed by atoms with Crippen LogP contribution in [0.5, 0.6) is 0 Å². The molecule has 4 nitrogen and oxygen atoms in total. The van der Waals surface area contributed by atoms with E-state index >= 15 is 0 Å². The Hall–Kier alpha value is -1.39. The van der Waals surface area contributed by atoms with Crippen molar-refractivity contribution >= 4 is 11.0 Å². The fourth-order valence-corrected chi connectivity index (χ4v) is 1.86. The molecule has 0 aliphatic carbocycles. The van der Waals surface area contributed by atoms with Gasteiger partial charge >= 0.3 is 0 Å².